The molecule has 0 atom stereocenters. The Morgan fingerprint density at radius 1 is 1.50 bits per heavy atom. The Hall–Kier alpha value is -1.75. The Bertz CT molecular complexity index is 497. The number of rotatable bonds is 3. The van der Waals surface area contributed by atoms with Gasteiger partial charge in [-0.05, 0) is 31.5 Å². The largest absolute Gasteiger partial charge is 0.397 e. The highest BCUT2D eigenvalue weighted by Crippen LogP contribution is 2.35. The van der Waals surface area contributed by atoms with E-state index in [1.165, 1.54) is 0 Å². The van der Waals surface area contributed by atoms with E-state index in [1.54, 1.807) is 0 Å². The molecule has 0 aromatic heterocycles. The molecule has 4 N–H and O–H groups in total. The summed E-state index contributed by atoms with van der Waals surface area (Å²) in [5, 5.41) is 12.2. The third kappa shape index (κ3) is 2.01. The number of anilines is 3. The van der Waals surface area contributed by atoms with Crippen molar-refractivity contribution in [3.8, 4) is 0 Å². The van der Waals surface area contributed by atoms with Crippen molar-refractivity contribution in [1.82, 2.24) is 0 Å². The first-order chi connectivity index (χ1) is 8.35. The molecule has 98 valence electrons. The van der Waals surface area contributed by atoms with Crippen molar-refractivity contribution in [2.45, 2.75) is 25.8 Å². The molecule has 0 saturated carbocycles. The second kappa shape index (κ2) is 4.17. The maximum Gasteiger partial charge on any atom is 0.228 e. The van der Waals surface area contributed by atoms with Crippen LogP contribution >= 0.6 is 0 Å². The summed E-state index contributed by atoms with van der Waals surface area (Å²) in [6.07, 6.45) is 0.382. The van der Waals surface area contributed by atoms with Gasteiger partial charge in [0, 0.05) is 12.7 Å². The van der Waals surface area contributed by atoms with Crippen LogP contribution in [0.5, 0.6) is 0 Å². The molecule has 1 amide bonds. The number of nitrogen functional groups attached to an aromatic ring is 1. The van der Waals surface area contributed by atoms with Crippen molar-refractivity contribution >= 4 is 23.0 Å². The van der Waals surface area contributed by atoms with E-state index in [9.17, 15) is 9.90 Å². The lowest BCUT2D eigenvalue weighted by atomic mass is 10.0. The van der Waals surface area contributed by atoms with Gasteiger partial charge in [0.1, 0.15) is 0 Å². The van der Waals surface area contributed by atoms with E-state index in [1.807, 2.05) is 37.9 Å². The maximum absolute atomic E-state index is 11.3. The van der Waals surface area contributed by atoms with Crippen molar-refractivity contribution in [1.29, 1.82) is 0 Å². The summed E-state index contributed by atoms with van der Waals surface area (Å²) in [6, 6.07) is 3.69. The van der Waals surface area contributed by atoms with Gasteiger partial charge in [-0.25, -0.2) is 0 Å². The van der Waals surface area contributed by atoms with Crippen LogP contribution in [0.3, 0.4) is 0 Å². The van der Waals surface area contributed by atoms with Gasteiger partial charge in [-0.3, -0.25) is 4.79 Å². The number of fused-ring (bicyclic) bond motifs is 1. The summed E-state index contributed by atoms with van der Waals surface area (Å²) in [6.45, 7) is 3.88. The van der Waals surface area contributed by atoms with Gasteiger partial charge < -0.3 is 21.1 Å². The summed E-state index contributed by atoms with van der Waals surface area (Å²) in [4.78, 5) is 13.3. The van der Waals surface area contributed by atoms with Gasteiger partial charge in [-0.1, -0.05) is 0 Å². The lowest BCUT2D eigenvalue weighted by molar-refractivity contribution is -0.115. The molecule has 1 aliphatic rings. The van der Waals surface area contributed by atoms with Crippen molar-refractivity contribution in [2.75, 3.05) is 29.6 Å². The Labute approximate surface area is 107 Å². The average Bonchev–Trinajstić information content (AvgIpc) is 2.66. The van der Waals surface area contributed by atoms with E-state index in [4.69, 9.17) is 5.73 Å². The van der Waals surface area contributed by atoms with Crippen molar-refractivity contribution in [3.63, 3.8) is 0 Å². The van der Waals surface area contributed by atoms with Gasteiger partial charge in [0.15, 0.2) is 0 Å². The molecule has 2 rings (SSSR count). The molecule has 0 spiro atoms. The Kier molecular flexibility index (Phi) is 2.94. The highest BCUT2D eigenvalue weighted by Gasteiger charge is 2.26. The number of aliphatic hydroxyl groups is 1. The smallest absolute Gasteiger partial charge is 0.228 e. The summed E-state index contributed by atoms with van der Waals surface area (Å²) in [5.74, 6) is -0.00868. The molecular formula is C13H19N3O2. The molecule has 0 bridgehead atoms. The first-order valence-corrected chi connectivity index (χ1v) is 5.92. The van der Waals surface area contributed by atoms with Crippen LogP contribution in [0, 0.1) is 0 Å². The molecule has 0 saturated heterocycles. The van der Waals surface area contributed by atoms with Gasteiger partial charge in [0.2, 0.25) is 5.91 Å². The van der Waals surface area contributed by atoms with E-state index in [0.29, 0.717) is 12.1 Å². The molecule has 1 aromatic rings. The quantitative estimate of drug-likeness (QED) is 0.697. The third-order valence-electron chi connectivity index (χ3n) is 3.53. The molecule has 5 nitrogen and oxygen atoms in total. The number of nitrogens with zero attached hydrogens (tertiary/aromatic N) is 1. The van der Waals surface area contributed by atoms with E-state index < -0.39 is 5.54 Å². The normalized spacial score (nSPS) is 14.3. The highest BCUT2D eigenvalue weighted by molar-refractivity contribution is 6.01. The minimum atomic E-state index is -0.412. The van der Waals surface area contributed by atoms with E-state index in [2.05, 4.69) is 5.32 Å². The predicted molar refractivity (Wildman–Crippen MR) is 72.8 cm³/mol. The Morgan fingerprint density at radius 3 is 2.78 bits per heavy atom. The first kappa shape index (κ1) is 12.7. The van der Waals surface area contributed by atoms with E-state index in [0.717, 1.165) is 16.9 Å². The summed E-state index contributed by atoms with van der Waals surface area (Å²) >= 11 is 0. The predicted octanol–water partition coefficient (Wildman–Crippen LogP) is 0.970. The van der Waals surface area contributed by atoms with Crippen LogP contribution in [-0.4, -0.2) is 30.2 Å². The maximum atomic E-state index is 11.3. The zero-order chi connectivity index (χ0) is 13.5. The van der Waals surface area contributed by atoms with Crippen LogP contribution in [0.2, 0.25) is 0 Å². The monoisotopic (exact) mass is 249 g/mol. The lowest BCUT2D eigenvalue weighted by Gasteiger charge is -2.36. The summed E-state index contributed by atoms with van der Waals surface area (Å²) in [7, 11) is 1.88. The molecule has 0 radical (unpaired) electrons. The van der Waals surface area contributed by atoms with Gasteiger partial charge >= 0.3 is 0 Å². The molecule has 0 unspecified atom stereocenters. The fraction of sp³-hybridized carbons (Fsp3) is 0.462. The van der Waals surface area contributed by atoms with Gasteiger partial charge in [0.25, 0.3) is 0 Å². The first-order valence-electron chi connectivity index (χ1n) is 5.92. The van der Waals surface area contributed by atoms with Crippen LogP contribution < -0.4 is 16.0 Å². The molecule has 18 heavy (non-hydrogen) atoms. The van der Waals surface area contributed by atoms with Gasteiger partial charge in [0.05, 0.1) is 29.9 Å². The Balaban J connectivity index is 2.41. The number of carbonyl (C=O) groups is 1. The molecule has 5 heteroatoms. The van der Waals surface area contributed by atoms with Gasteiger partial charge in [-0.15, -0.1) is 0 Å². The van der Waals surface area contributed by atoms with Crippen LogP contribution in [-0.2, 0) is 11.2 Å². The van der Waals surface area contributed by atoms with Crippen molar-refractivity contribution in [2.24, 2.45) is 0 Å². The molecule has 0 aliphatic carbocycles. The van der Waals surface area contributed by atoms with Crippen LogP contribution in [0.1, 0.15) is 19.4 Å². The van der Waals surface area contributed by atoms with E-state index >= 15 is 0 Å². The third-order valence-corrected chi connectivity index (χ3v) is 3.53. The molecule has 0 fully saturated rings. The average molecular weight is 249 g/mol. The summed E-state index contributed by atoms with van der Waals surface area (Å²) < 4.78 is 0. The number of benzene rings is 1. The fourth-order valence-corrected chi connectivity index (χ4v) is 2.00. The molecular weight excluding hydrogens is 230 g/mol. The number of nitrogens with one attached hydrogen (secondary N) is 1. The Morgan fingerprint density at radius 2 is 2.17 bits per heavy atom. The topological polar surface area (TPSA) is 78.6 Å². The second-order valence-corrected chi connectivity index (χ2v) is 5.32. The number of hydrogen-bond acceptors (Lipinski definition) is 4. The minimum absolute atomic E-state index is 0.00868. The lowest BCUT2D eigenvalue weighted by Crippen LogP contribution is -2.44. The standard InChI is InChI=1S/C13H19N3O2/c1-13(2,7-17)16(3)11-6-10-8(4-9(11)14)5-12(18)15-10/h4,6,17H,5,7,14H2,1-3H3,(H,15,18). The number of likely N-dealkylation sites (N-methyl/N-ethyl adjacent to an activating group) is 1. The number of carbonyl (C=O) groups excluding carboxylic acids is 1. The van der Waals surface area contributed by atoms with Crippen LogP contribution in [0.4, 0.5) is 17.1 Å². The fourth-order valence-electron chi connectivity index (χ4n) is 2.00. The summed E-state index contributed by atoms with van der Waals surface area (Å²) in [5.41, 5.74) is 8.79. The highest BCUT2D eigenvalue weighted by atomic mass is 16.3. The number of amides is 1. The molecule has 1 aliphatic heterocycles. The zero-order valence-corrected chi connectivity index (χ0v) is 10.9. The number of aliphatic hydroxyl groups excluding tert-OH is 1. The number of hydrogen-bond donors (Lipinski definition) is 3. The van der Waals surface area contributed by atoms with Crippen molar-refractivity contribution < 1.29 is 9.90 Å². The second-order valence-electron chi connectivity index (χ2n) is 5.32. The van der Waals surface area contributed by atoms with Crippen LogP contribution in [0.25, 0.3) is 0 Å². The number of nitrogens with two attached hydrogens (primary N) is 1. The SMILES string of the molecule is CN(c1cc2c(cc1N)CC(=O)N2)C(C)(C)CO. The minimum Gasteiger partial charge on any atom is -0.397 e. The zero-order valence-electron chi connectivity index (χ0n) is 10.9. The molecule has 1 heterocycles. The van der Waals surface area contributed by atoms with Crippen molar-refractivity contribution in [3.05, 3.63) is 17.7 Å². The molecule has 1 aromatic carbocycles. The van der Waals surface area contributed by atoms with Crippen LogP contribution in [0.15, 0.2) is 12.1 Å². The van der Waals surface area contributed by atoms with Gasteiger partial charge in [-0.2, -0.15) is 0 Å². The van der Waals surface area contributed by atoms with E-state index in [-0.39, 0.29) is 12.5 Å².